The van der Waals surface area contributed by atoms with Crippen molar-refractivity contribution in [3.05, 3.63) is 59.5 Å². The third-order valence-corrected chi connectivity index (χ3v) is 2.91. The molecule has 1 atom stereocenters. The number of rotatable bonds is 5. The molecule has 0 fully saturated rings. The van der Waals surface area contributed by atoms with Crippen LogP contribution in [0.5, 0.6) is 0 Å². The van der Waals surface area contributed by atoms with E-state index in [0.29, 0.717) is 6.54 Å². The van der Waals surface area contributed by atoms with E-state index in [-0.39, 0.29) is 6.04 Å². The zero-order valence-electron chi connectivity index (χ0n) is 10.4. The molecular weight excluding hydrogens is 224 g/mol. The van der Waals surface area contributed by atoms with E-state index in [9.17, 15) is 5.26 Å². The van der Waals surface area contributed by atoms with Crippen LogP contribution in [-0.2, 0) is 13.0 Å². The Kier molecular flexibility index (Phi) is 4.16. The number of nitrogens with one attached hydrogen (secondary N) is 1. The highest BCUT2D eigenvalue weighted by atomic mass is 16.3. The monoisotopic (exact) mass is 240 g/mol. The van der Waals surface area contributed by atoms with Crippen LogP contribution in [0.4, 0.5) is 0 Å². The minimum atomic E-state index is -0.305. The molecule has 0 aliphatic carbocycles. The van der Waals surface area contributed by atoms with Crippen LogP contribution >= 0.6 is 0 Å². The quantitative estimate of drug-likeness (QED) is 0.873. The van der Waals surface area contributed by atoms with Gasteiger partial charge in [-0.1, -0.05) is 31.2 Å². The number of hydrogen-bond acceptors (Lipinski definition) is 3. The third kappa shape index (κ3) is 2.99. The van der Waals surface area contributed by atoms with Gasteiger partial charge in [0.15, 0.2) is 0 Å². The van der Waals surface area contributed by atoms with E-state index in [1.54, 1.807) is 6.26 Å². The molecule has 1 unspecified atom stereocenters. The van der Waals surface area contributed by atoms with Crippen LogP contribution in [0.25, 0.3) is 0 Å². The first-order chi connectivity index (χ1) is 8.83. The van der Waals surface area contributed by atoms with Crippen molar-refractivity contribution in [3.63, 3.8) is 0 Å². The average Bonchev–Trinajstić information content (AvgIpc) is 2.93. The molecule has 0 saturated heterocycles. The smallest absolute Gasteiger partial charge is 0.121 e. The highest BCUT2D eigenvalue weighted by Crippen LogP contribution is 2.14. The fraction of sp³-hybridized carbons (Fsp3) is 0.267. The van der Waals surface area contributed by atoms with Gasteiger partial charge in [0, 0.05) is 0 Å². The Bertz CT molecular complexity index is 508. The lowest BCUT2D eigenvalue weighted by molar-refractivity contribution is 0.473. The maximum absolute atomic E-state index is 9.19. The largest absolute Gasteiger partial charge is 0.468 e. The van der Waals surface area contributed by atoms with Gasteiger partial charge in [0.1, 0.15) is 11.8 Å². The molecular formula is C15H16N2O. The van der Waals surface area contributed by atoms with Crippen molar-refractivity contribution in [1.82, 2.24) is 5.32 Å². The summed E-state index contributed by atoms with van der Waals surface area (Å²) in [7, 11) is 0. The van der Waals surface area contributed by atoms with Crippen molar-refractivity contribution in [2.75, 3.05) is 0 Å². The molecule has 0 saturated carbocycles. The molecule has 1 N–H and O–H groups in total. The lowest BCUT2D eigenvalue weighted by Gasteiger charge is -2.11. The molecule has 2 aromatic rings. The molecule has 1 aromatic carbocycles. The molecule has 0 bridgehead atoms. The molecule has 1 heterocycles. The van der Waals surface area contributed by atoms with Gasteiger partial charge in [-0.15, -0.1) is 0 Å². The summed E-state index contributed by atoms with van der Waals surface area (Å²) >= 11 is 0. The maximum atomic E-state index is 9.19. The molecule has 0 amide bonds. The summed E-state index contributed by atoms with van der Waals surface area (Å²) in [5.74, 6) is 0.834. The number of aryl methyl sites for hydroxylation is 1. The van der Waals surface area contributed by atoms with E-state index < -0.39 is 0 Å². The first kappa shape index (κ1) is 12.4. The van der Waals surface area contributed by atoms with Crippen molar-refractivity contribution in [3.8, 4) is 6.07 Å². The summed E-state index contributed by atoms with van der Waals surface area (Å²) in [5.41, 5.74) is 2.27. The van der Waals surface area contributed by atoms with Crippen LogP contribution in [0.15, 0.2) is 47.1 Å². The van der Waals surface area contributed by atoms with E-state index in [1.807, 2.05) is 24.3 Å². The molecule has 18 heavy (non-hydrogen) atoms. The van der Waals surface area contributed by atoms with E-state index in [1.165, 1.54) is 5.56 Å². The predicted octanol–water partition coefficient (Wildman–Crippen LogP) is 3.20. The topological polar surface area (TPSA) is 49.0 Å². The summed E-state index contributed by atoms with van der Waals surface area (Å²) in [6.45, 7) is 2.67. The van der Waals surface area contributed by atoms with Crippen LogP contribution in [0, 0.1) is 11.3 Å². The minimum Gasteiger partial charge on any atom is -0.468 e. The molecule has 0 spiro atoms. The molecule has 0 aliphatic heterocycles. The second-order valence-electron chi connectivity index (χ2n) is 4.12. The Morgan fingerprint density at radius 2 is 2.06 bits per heavy atom. The van der Waals surface area contributed by atoms with E-state index >= 15 is 0 Å². The SMILES string of the molecule is CCc1ccc(C(C#N)NCc2ccco2)cc1. The zero-order valence-corrected chi connectivity index (χ0v) is 10.4. The minimum absolute atomic E-state index is 0.305. The Balaban J connectivity index is 2.01. The number of nitriles is 1. The molecule has 1 aromatic heterocycles. The van der Waals surface area contributed by atoms with Crippen molar-refractivity contribution >= 4 is 0 Å². The Morgan fingerprint density at radius 1 is 1.28 bits per heavy atom. The molecule has 2 rings (SSSR count). The number of hydrogen-bond donors (Lipinski definition) is 1. The van der Waals surface area contributed by atoms with Gasteiger partial charge in [0.2, 0.25) is 0 Å². The Morgan fingerprint density at radius 3 is 2.61 bits per heavy atom. The predicted molar refractivity (Wildman–Crippen MR) is 69.7 cm³/mol. The number of furan rings is 1. The summed E-state index contributed by atoms with van der Waals surface area (Å²) in [5, 5.41) is 12.4. The highest BCUT2D eigenvalue weighted by molar-refractivity contribution is 5.28. The van der Waals surface area contributed by atoms with E-state index in [2.05, 4.69) is 30.4 Å². The summed E-state index contributed by atoms with van der Waals surface area (Å²) in [6.07, 6.45) is 2.64. The summed E-state index contributed by atoms with van der Waals surface area (Å²) in [4.78, 5) is 0. The lowest BCUT2D eigenvalue weighted by Crippen LogP contribution is -2.19. The van der Waals surface area contributed by atoms with Gasteiger partial charge in [0.25, 0.3) is 0 Å². The van der Waals surface area contributed by atoms with Crippen LogP contribution in [-0.4, -0.2) is 0 Å². The lowest BCUT2D eigenvalue weighted by atomic mass is 10.0. The van der Waals surface area contributed by atoms with Crippen LogP contribution < -0.4 is 5.32 Å². The van der Waals surface area contributed by atoms with Gasteiger partial charge in [-0.05, 0) is 29.7 Å². The second-order valence-corrected chi connectivity index (χ2v) is 4.12. The molecule has 0 radical (unpaired) electrons. The normalized spacial score (nSPS) is 12.0. The van der Waals surface area contributed by atoms with Gasteiger partial charge in [0.05, 0.1) is 18.9 Å². The molecule has 0 aliphatic rings. The van der Waals surface area contributed by atoms with Crippen molar-refractivity contribution in [1.29, 1.82) is 5.26 Å². The maximum Gasteiger partial charge on any atom is 0.121 e. The van der Waals surface area contributed by atoms with E-state index in [0.717, 1.165) is 17.7 Å². The van der Waals surface area contributed by atoms with Crippen LogP contribution in [0.3, 0.4) is 0 Å². The summed E-state index contributed by atoms with van der Waals surface area (Å²) in [6, 6.07) is 13.8. The summed E-state index contributed by atoms with van der Waals surface area (Å²) < 4.78 is 5.23. The van der Waals surface area contributed by atoms with Gasteiger partial charge < -0.3 is 4.42 Å². The van der Waals surface area contributed by atoms with Crippen LogP contribution in [0.1, 0.15) is 29.9 Å². The fourth-order valence-electron chi connectivity index (χ4n) is 1.80. The highest BCUT2D eigenvalue weighted by Gasteiger charge is 2.10. The van der Waals surface area contributed by atoms with Gasteiger partial charge in [-0.25, -0.2) is 0 Å². The van der Waals surface area contributed by atoms with Gasteiger partial charge >= 0.3 is 0 Å². The number of benzene rings is 1. The molecule has 92 valence electrons. The zero-order chi connectivity index (χ0) is 12.8. The van der Waals surface area contributed by atoms with Gasteiger partial charge in [-0.2, -0.15) is 5.26 Å². The van der Waals surface area contributed by atoms with Crippen molar-refractivity contribution in [2.24, 2.45) is 0 Å². The Hall–Kier alpha value is -2.05. The van der Waals surface area contributed by atoms with Crippen LogP contribution in [0.2, 0.25) is 0 Å². The van der Waals surface area contributed by atoms with Crippen molar-refractivity contribution in [2.45, 2.75) is 25.9 Å². The fourth-order valence-corrected chi connectivity index (χ4v) is 1.80. The second kappa shape index (κ2) is 6.04. The average molecular weight is 240 g/mol. The van der Waals surface area contributed by atoms with Crippen molar-refractivity contribution < 1.29 is 4.42 Å². The first-order valence-electron chi connectivity index (χ1n) is 6.07. The Labute approximate surface area is 107 Å². The molecule has 3 heteroatoms. The molecule has 3 nitrogen and oxygen atoms in total. The number of nitrogens with zero attached hydrogens (tertiary/aromatic N) is 1. The third-order valence-electron chi connectivity index (χ3n) is 2.91. The first-order valence-corrected chi connectivity index (χ1v) is 6.07. The standard InChI is InChI=1S/C15H16N2O/c1-2-12-5-7-13(8-6-12)15(10-16)17-11-14-4-3-9-18-14/h3-9,15,17H,2,11H2,1H3. The van der Waals surface area contributed by atoms with Gasteiger partial charge in [-0.3, -0.25) is 5.32 Å². The van der Waals surface area contributed by atoms with E-state index in [4.69, 9.17) is 4.42 Å².